The summed E-state index contributed by atoms with van der Waals surface area (Å²) in [4.78, 5) is 18.9. The highest BCUT2D eigenvalue weighted by molar-refractivity contribution is 7.16. The zero-order valence-electron chi connectivity index (χ0n) is 9.79. The Morgan fingerprint density at radius 1 is 1.53 bits per heavy atom. The van der Waals surface area contributed by atoms with Gasteiger partial charge in [-0.05, 0) is 12.1 Å². The van der Waals surface area contributed by atoms with Crippen LogP contribution in [0, 0.1) is 10.1 Å². The second-order valence-electron chi connectivity index (χ2n) is 3.40. The number of nitrogens with zero attached hydrogens (tertiary/aromatic N) is 3. The van der Waals surface area contributed by atoms with E-state index in [0.29, 0.717) is 10.9 Å². The molecule has 0 fully saturated rings. The predicted molar refractivity (Wildman–Crippen MR) is 71.9 cm³/mol. The SMILES string of the molecule is COc1ncnc(NCc2ccc(Cl)s2)c1[N+](=O)[O-]. The molecule has 2 aromatic heterocycles. The highest BCUT2D eigenvalue weighted by Crippen LogP contribution is 2.31. The zero-order chi connectivity index (χ0) is 13.8. The molecule has 100 valence electrons. The molecule has 19 heavy (non-hydrogen) atoms. The Hall–Kier alpha value is -1.93. The smallest absolute Gasteiger partial charge is 0.372 e. The molecule has 0 aliphatic rings. The van der Waals surface area contributed by atoms with Gasteiger partial charge in [-0.15, -0.1) is 11.3 Å². The molecular formula is C10H9ClN4O3S. The maximum Gasteiger partial charge on any atom is 0.372 e. The van der Waals surface area contributed by atoms with Crippen LogP contribution in [0.1, 0.15) is 4.88 Å². The molecule has 2 aromatic rings. The maximum absolute atomic E-state index is 11.0. The minimum atomic E-state index is -0.581. The molecule has 0 spiro atoms. The lowest BCUT2D eigenvalue weighted by Crippen LogP contribution is -2.06. The van der Waals surface area contributed by atoms with Crippen molar-refractivity contribution < 1.29 is 9.66 Å². The van der Waals surface area contributed by atoms with Crippen molar-refractivity contribution in [1.82, 2.24) is 9.97 Å². The Labute approximate surface area is 117 Å². The van der Waals surface area contributed by atoms with E-state index >= 15 is 0 Å². The molecule has 0 aliphatic heterocycles. The molecule has 0 atom stereocenters. The van der Waals surface area contributed by atoms with Gasteiger partial charge in [0, 0.05) is 4.88 Å². The Balaban J connectivity index is 2.22. The summed E-state index contributed by atoms with van der Waals surface area (Å²) in [6.45, 7) is 0.387. The van der Waals surface area contributed by atoms with Crippen molar-refractivity contribution in [1.29, 1.82) is 0 Å². The van der Waals surface area contributed by atoms with Crippen LogP contribution in [-0.2, 0) is 6.54 Å². The molecular weight excluding hydrogens is 292 g/mol. The van der Waals surface area contributed by atoms with E-state index in [0.717, 1.165) is 4.88 Å². The van der Waals surface area contributed by atoms with Crippen LogP contribution < -0.4 is 10.1 Å². The number of halogens is 1. The lowest BCUT2D eigenvalue weighted by molar-refractivity contribution is -0.385. The van der Waals surface area contributed by atoms with E-state index in [4.69, 9.17) is 16.3 Å². The average molecular weight is 301 g/mol. The number of thiophene rings is 1. The first kappa shape index (κ1) is 13.5. The van der Waals surface area contributed by atoms with E-state index in [1.165, 1.54) is 24.8 Å². The normalized spacial score (nSPS) is 10.2. The van der Waals surface area contributed by atoms with Gasteiger partial charge < -0.3 is 10.1 Å². The second-order valence-corrected chi connectivity index (χ2v) is 5.20. The maximum atomic E-state index is 11.0. The van der Waals surface area contributed by atoms with Crippen molar-refractivity contribution in [3.8, 4) is 5.88 Å². The van der Waals surface area contributed by atoms with Gasteiger partial charge in [0.2, 0.25) is 5.82 Å². The molecule has 0 unspecified atom stereocenters. The summed E-state index contributed by atoms with van der Waals surface area (Å²) in [6.07, 6.45) is 1.20. The monoisotopic (exact) mass is 300 g/mol. The topological polar surface area (TPSA) is 90.2 Å². The highest BCUT2D eigenvalue weighted by Gasteiger charge is 2.23. The van der Waals surface area contributed by atoms with Crippen LogP contribution in [0.15, 0.2) is 18.5 Å². The van der Waals surface area contributed by atoms with Gasteiger partial charge >= 0.3 is 5.69 Å². The summed E-state index contributed by atoms with van der Waals surface area (Å²) in [6, 6.07) is 3.60. The number of hydrogen-bond donors (Lipinski definition) is 1. The Bertz CT molecular complexity index is 604. The molecule has 1 N–H and O–H groups in total. The lowest BCUT2D eigenvalue weighted by Gasteiger charge is -2.06. The fraction of sp³-hybridized carbons (Fsp3) is 0.200. The van der Waals surface area contributed by atoms with Gasteiger partial charge in [0.15, 0.2) is 0 Å². The van der Waals surface area contributed by atoms with Crippen molar-refractivity contribution in [3.63, 3.8) is 0 Å². The summed E-state index contributed by atoms with van der Waals surface area (Å²) < 4.78 is 5.51. The Morgan fingerprint density at radius 3 is 2.89 bits per heavy atom. The number of nitrogens with one attached hydrogen (secondary N) is 1. The number of nitro groups is 1. The third-order valence-corrected chi connectivity index (χ3v) is 3.45. The van der Waals surface area contributed by atoms with Crippen LogP contribution >= 0.6 is 22.9 Å². The molecule has 0 amide bonds. The number of ether oxygens (including phenoxy) is 1. The lowest BCUT2D eigenvalue weighted by atomic mass is 10.4. The summed E-state index contributed by atoms with van der Waals surface area (Å²) in [5.41, 5.74) is -0.285. The van der Waals surface area contributed by atoms with Crippen LogP contribution in [0.25, 0.3) is 0 Å². The third-order valence-electron chi connectivity index (χ3n) is 2.22. The van der Waals surface area contributed by atoms with Gasteiger partial charge in [-0.3, -0.25) is 10.1 Å². The molecule has 0 aromatic carbocycles. The molecule has 2 heterocycles. The minimum Gasteiger partial charge on any atom is -0.476 e. The van der Waals surface area contributed by atoms with Crippen LogP contribution in [0.3, 0.4) is 0 Å². The van der Waals surface area contributed by atoms with Gasteiger partial charge in [-0.2, -0.15) is 4.98 Å². The van der Waals surface area contributed by atoms with Gasteiger partial charge in [0.1, 0.15) is 6.33 Å². The third kappa shape index (κ3) is 3.09. The van der Waals surface area contributed by atoms with Crippen LogP contribution in [0.5, 0.6) is 5.88 Å². The molecule has 0 radical (unpaired) electrons. The number of anilines is 1. The fourth-order valence-electron chi connectivity index (χ4n) is 1.42. The first-order valence-electron chi connectivity index (χ1n) is 5.13. The number of aromatic nitrogens is 2. The van der Waals surface area contributed by atoms with Crippen LogP contribution in [-0.4, -0.2) is 22.0 Å². The second kappa shape index (κ2) is 5.81. The Morgan fingerprint density at radius 2 is 2.32 bits per heavy atom. The summed E-state index contributed by atoms with van der Waals surface area (Å²) in [5.74, 6) is 0.0353. The van der Waals surface area contributed by atoms with E-state index in [2.05, 4.69) is 15.3 Å². The van der Waals surface area contributed by atoms with E-state index in [-0.39, 0.29) is 17.4 Å². The largest absolute Gasteiger partial charge is 0.476 e. The van der Waals surface area contributed by atoms with Gasteiger partial charge in [-0.25, -0.2) is 4.98 Å². The van der Waals surface area contributed by atoms with Crippen molar-refractivity contribution in [2.75, 3.05) is 12.4 Å². The number of rotatable bonds is 5. The van der Waals surface area contributed by atoms with Crippen molar-refractivity contribution in [2.24, 2.45) is 0 Å². The molecule has 9 heteroatoms. The van der Waals surface area contributed by atoms with Crippen LogP contribution in [0.4, 0.5) is 11.5 Å². The molecule has 0 bridgehead atoms. The van der Waals surface area contributed by atoms with Gasteiger partial charge in [0.05, 0.1) is 22.9 Å². The van der Waals surface area contributed by atoms with E-state index < -0.39 is 4.92 Å². The van der Waals surface area contributed by atoms with Crippen molar-refractivity contribution in [3.05, 3.63) is 37.8 Å². The predicted octanol–water partition coefficient (Wildman–Crippen LogP) is 2.72. The standard InChI is InChI=1S/C10H9ClN4O3S/c1-18-10-8(15(16)17)9(13-5-14-10)12-4-6-2-3-7(11)19-6/h2-3,5H,4H2,1H3,(H,12,13,14). The Kier molecular flexibility index (Phi) is 4.13. The van der Waals surface area contributed by atoms with Crippen molar-refractivity contribution in [2.45, 2.75) is 6.54 Å². The first-order chi connectivity index (χ1) is 9.11. The summed E-state index contributed by atoms with van der Waals surface area (Å²) in [5, 5.41) is 13.9. The van der Waals surface area contributed by atoms with Gasteiger partial charge in [-0.1, -0.05) is 11.6 Å². The van der Waals surface area contributed by atoms with E-state index in [9.17, 15) is 10.1 Å². The quantitative estimate of drug-likeness (QED) is 0.674. The molecule has 0 aliphatic carbocycles. The summed E-state index contributed by atoms with van der Waals surface area (Å²) in [7, 11) is 1.32. The van der Waals surface area contributed by atoms with Crippen LogP contribution in [0.2, 0.25) is 4.34 Å². The van der Waals surface area contributed by atoms with Crippen molar-refractivity contribution >= 4 is 34.4 Å². The number of hydrogen-bond acceptors (Lipinski definition) is 7. The van der Waals surface area contributed by atoms with E-state index in [1.807, 2.05) is 6.07 Å². The van der Waals surface area contributed by atoms with Gasteiger partial charge in [0.25, 0.3) is 5.88 Å². The average Bonchev–Trinajstić information content (AvgIpc) is 2.81. The molecule has 7 nitrogen and oxygen atoms in total. The zero-order valence-corrected chi connectivity index (χ0v) is 11.4. The molecule has 0 saturated carbocycles. The summed E-state index contributed by atoms with van der Waals surface area (Å²) >= 11 is 7.20. The van der Waals surface area contributed by atoms with E-state index in [1.54, 1.807) is 6.07 Å². The highest BCUT2D eigenvalue weighted by atomic mass is 35.5. The molecule has 2 rings (SSSR count). The number of methoxy groups -OCH3 is 1. The minimum absolute atomic E-state index is 0.0771. The molecule has 0 saturated heterocycles. The first-order valence-corrected chi connectivity index (χ1v) is 6.32. The fourth-order valence-corrected chi connectivity index (χ4v) is 2.45.